The molecule has 0 N–H and O–H groups in total. The van der Waals surface area contributed by atoms with Crippen LogP contribution in [0.2, 0.25) is 0 Å². The van der Waals surface area contributed by atoms with Gasteiger partial charge in [-0.3, -0.25) is 0 Å². The Labute approximate surface area is 83.1 Å². The Balaban J connectivity index is 1.76. The maximum atomic E-state index is 2.46. The monoisotopic (exact) mass is 180 g/mol. The Morgan fingerprint density at radius 2 is 2.00 bits per heavy atom. The van der Waals surface area contributed by atoms with Crippen LogP contribution in [0.3, 0.4) is 0 Å². The molecule has 5 unspecified atom stereocenters. The second-order valence-corrected chi connectivity index (χ2v) is 5.62. The SMILES string of the molecule is CCC(C)CC1CCC2C(C)C2C1. The van der Waals surface area contributed by atoms with Crippen molar-refractivity contribution < 1.29 is 0 Å². The van der Waals surface area contributed by atoms with Crippen molar-refractivity contribution in [3.8, 4) is 0 Å². The lowest BCUT2D eigenvalue weighted by atomic mass is 9.82. The molecule has 5 atom stereocenters. The third-order valence-corrected chi connectivity index (χ3v) is 4.71. The van der Waals surface area contributed by atoms with E-state index in [9.17, 15) is 0 Å². The van der Waals surface area contributed by atoms with E-state index in [1.807, 2.05) is 0 Å². The van der Waals surface area contributed by atoms with Crippen molar-refractivity contribution >= 4 is 0 Å². The van der Waals surface area contributed by atoms with Crippen molar-refractivity contribution in [2.75, 3.05) is 0 Å². The summed E-state index contributed by atoms with van der Waals surface area (Å²) in [6.07, 6.45) is 7.53. The zero-order valence-electron chi connectivity index (χ0n) is 9.42. The molecule has 2 fully saturated rings. The van der Waals surface area contributed by atoms with Crippen LogP contribution in [0.1, 0.15) is 52.9 Å². The Morgan fingerprint density at radius 1 is 1.23 bits per heavy atom. The van der Waals surface area contributed by atoms with Gasteiger partial charge in [0, 0.05) is 0 Å². The molecule has 0 amide bonds. The summed E-state index contributed by atoms with van der Waals surface area (Å²) in [5.41, 5.74) is 0. The summed E-state index contributed by atoms with van der Waals surface area (Å²) in [5, 5.41) is 0. The number of rotatable bonds is 3. The van der Waals surface area contributed by atoms with Crippen LogP contribution >= 0.6 is 0 Å². The van der Waals surface area contributed by atoms with Crippen LogP contribution in [0.4, 0.5) is 0 Å². The molecule has 2 saturated carbocycles. The molecule has 13 heavy (non-hydrogen) atoms. The molecule has 0 nitrogen and oxygen atoms in total. The summed E-state index contributed by atoms with van der Waals surface area (Å²) in [6, 6.07) is 0. The van der Waals surface area contributed by atoms with Crippen LogP contribution in [0.5, 0.6) is 0 Å². The van der Waals surface area contributed by atoms with E-state index in [0.717, 1.165) is 29.6 Å². The molecule has 0 saturated heterocycles. The van der Waals surface area contributed by atoms with Gasteiger partial charge < -0.3 is 0 Å². The maximum absolute atomic E-state index is 2.46. The molecule has 0 heterocycles. The molecular formula is C13H24. The van der Waals surface area contributed by atoms with Crippen molar-refractivity contribution in [3.05, 3.63) is 0 Å². The highest BCUT2D eigenvalue weighted by Gasteiger charge is 2.49. The molecule has 0 aliphatic heterocycles. The molecule has 76 valence electrons. The number of fused-ring (bicyclic) bond motifs is 1. The van der Waals surface area contributed by atoms with Gasteiger partial charge in [-0.25, -0.2) is 0 Å². The van der Waals surface area contributed by atoms with E-state index in [1.165, 1.54) is 19.3 Å². The Morgan fingerprint density at radius 3 is 2.62 bits per heavy atom. The minimum atomic E-state index is 0.968. The topological polar surface area (TPSA) is 0 Å². The molecule has 0 aromatic carbocycles. The van der Waals surface area contributed by atoms with E-state index < -0.39 is 0 Å². The largest absolute Gasteiger partial charge is 0.0651 e. The fourth-order valence-corrected chi connectivity index (χ4v) is 3.38. The van der Waals surface area contributed by atoms with Crippen molar-refractivity contribution in [2.24, 2.45) is 29.6 Å². The first-order valence-corrected chi connectivity index (χ1v) is 6.22. The first-order chi connectivity index (χ1) is 6.22. The van der Waals surface area contributed by atoms with Gasteiger partial charge in [0.15, 0.2) is 0 Å². The van der Waals surface area contributed by atoms with Crippen LogP contribution in [-0.2, 0) is 0 Å². The third-order valence-electron chi connectivity index (χ3n) is 4.71. The molecule has 2 aliphatic rings. The quantitative estimate of drug-likeness (QED) is 0.613. The fraction of sp³-hybridized carbons (Fsp3) is 1.00. The van der Waals surface area contributed by atoms with Gasteiger partial charge in [-0.15, -0.1) is 0 Å². The van der Waals surface area contributed by atoms with E-state index >= 15 is 0 Å². The lowest BCUT2D eigenvalue weighted by molar-refractivity contribution is 0.283. The van der Waals surface area contributed by atoms with Gasteiger partial charge in [-0.05, 0) is 48.9 Å². The zero-order chi connectivity index (χ0) is 9.42. The van der Waals surface area contributed by atoms with Crippen LogP contribution in [0.15, 0.2) is 0 Å². The van der Waals surface area contributed by atoms with Gasteiger partial charge >= 0.3 is 0 Å². The summed E-state index contributed by atoms with van der Waals surface area (Å²) in [7, 11) is 0. The summed E-state index contributed by atoms with van der Waals surface area (Å²) >= 11 is 0. The lowest BCUT2D eigenvalue weighted by Gasteiger charge is -2.23. The van der Waals surface area contributed by atoms with Gasteiger partial charge in [0.25, 0.3) is 0 Å². The van der Waals surface area contributed by atoms with Crippen molar-refractivity contribution in [2.45, 2.75) is 52.9 Å². The van der Waals surface area contributed by atoms with Gasteiger partial charge in [0.05, 0.1) is 0 Å². The van der Waals surface area contributed by atoms with Gasteiger partial charge in [0.2, 0.25) is 0 Å². The summed E-state index contributed by atoms with van der Waals surface area (Å²) < 4.78 is 0. The average Bonchev–Trinajstić information content (AvgIpc) is 2.77. The second kappa shape index (κ2) is 3.63. The van der Waals surface area contributed by atoms with E-state index in [0.29, 0.717) is 0 Å². The highest BCUT2D eigenvalue weighted by Crippen LogP contribution is 2.57. The molecule has 0 spiro atoms. The molecular weight excluding hydrogens is 156 g/mol. The van der Waals surface area contributed by atoms with Gasteiger partial charge in [-0.2, -0.15) is 0 Å². The zero-order valence-corrected chi connectivity index (χ0v) is 9.42. The molecule has 0 aromatic rings. The van der Waals surface area contributed by atoms with Crippen molar-refractivity contribution in [3.63, 3.8) is 0 Å². The Hall–Kier alpha value is 0. The van der Waals surface area contributed by atoms with Gasteiger partial charge in [0.1, 0.15) is 0 Å². The smallest absolute Gasteiger partial charge is 0.0352 e. The molecule has 2 rings (SSSR count). The average molecular weight is 180 g/mol. The second-order valence-electron chi connectivity index (χ2n) is 5.62. The molecule has 0 radical (unpaired) electrons. The Bertz CT molecular complexity index is 171. The predicted molar refractivity (Wildman–Crippen MR) is 57.6 cm³/mol. The van der Waals surface area contributed by atoms with Gasteiger partial charge in [-0.1, -0.05) is 33.6 Å². The summed E-state index contributed by atoms with van der Waals surface area (Å²) in [4.78, 5) is 0. The van der Waals surface area contributed by atoms with Crippen LogP contribution in [-0.4, -0.2) is 0 Å². The molecule has 0 aromatic heterocycles. The highest BCUT2D eigenvalue weighted by molar-refractivity contribution is 4.98. The predicted octanol–water partition coefficient (Wildman–Crippen LogP) is 4.10. The molecule has 2 aliphatic carbocycles. The standard InChI is InChI=1S/C13H24/c1-4-9(2)7-11-5-6-12-10(3)13(12)8-11/h9-13H,4-8H2,1-3H3. The van der Waals surface area contributed by atoms with Crippen LogP contribution in [0, 0.1) is 29.6 Å². The summed E-state index contributed by atoms with van der Waals surface area (Å²) in [5.74, 6) is 5.43. The normalized spacial score (nSPS) is 45.5. The van der Waals surface area contributed by atoms with Crippen molar-refractivity contribution in [1.82, 2.24) is 0 Å². The van der Waals surface area contributed by atoms with Crippen LogP contribution in [0.25, 0.3) is 0 Å². The lowest BCUT2D eigenvalue weighted by Crippen LogP contribution is -2.11. The molecule has 0 heteroatoms. The number of hydrogen-bond donors (Lipinski definition) is 0. The van der Waals surface area contributed by atoms with E-state index in [-0.39, 0.29) is 0 Å². The first kappa shape index (κ1) is 9.55. The highest BCUT2D eigenvalue weighted by atomic mass is 14.5. The fourth-order valence-electron chi connectivity index (χ4n) is 3.38. The third kappa shape index (κ3) is 1.92. The maximum Gasteiger partial charge on any atom is -0.0352 e. The number of hydrogen-bond acceptors (Lipinski definition) is 0. The Kier molecular flexibility index (Phi) is 2.67. The minimum absolute atomic E-state index is 0.968. The minimum Gasteiger partial charge on any atom is -0.0651 e. The van der Waals surface area contributed by atoms with Crippen molar-refractivity contribution in [1.29, 1.82) is 0 Å². The van der Waals surface area contributed by atoms with E-state index in [4.69, 9.17) is 0 Å². The van der Waals surface area contributed by atoms with E-state index in [1.54, 1.807) is 12.8 Å². The van der Waals surface area contributed by atoms with Crippen LogP contribution < -0.4 is 0 Å². The molecule has 0 bridgehead atoms. The van der Waals surface area contributed by atoms with E-state index in [2.05, 4.69) is 20.8 Å². The summed E-state index contributed by atoms with van der Waals surface area (Å²) in [6.45, 7) is 7.21. The first-order valence-electron chi connectivity index (χ1n) is 6.22.